The lowest BCUT2D eigenvalue weighted by Crippen LogP contribution is -2.24. The highest BCUT2D eigenvalue weighted by Crippen LogP contribution is 2.32. The van der Waals surface area contributed by atoms with Crippen LogP contribution in [0.3, 0.4) is 0 Å². The van der Waals surface area contributed by atoms with Crippen molar-refractivity contribution in [1.82, 2.24) is 24.9 Å². The van der Waals surface area contributed by atoms with Crippen molar-refractivity contribution in [3.63, 3.8) is 0 Å². The zero-order chi connectivity index (χ0) is 28.2. The van der Waals surface area contributed by atoms with Gasteiger partial charge in [0.25, 0.3) is 11.8 Å². The van der Waals surface area contributed by atoms with E-state index in [1.165, 1.54) is 31.1 Å². The van der Waals surface area contributed by atoms with Crippen LogP contribution in [0.4, 0.5) is 14.6 Å². The van der Waals surface area contributed by atoms with Crippen LogP contribution < -0.4 is 20.1 Å². The van der Waals surface area contributed by atoms with E-state index in [-0.39, 0.29) is 41.8 Å². The first-order valence-corrected chi connectivity index (χ1v) is 12.4. The number of carbonyl (C=O) groups excluding carboxylic acids is 2. The molecule has 0 unspecified atom stereocenters. The number of nitrogens with one attached hydrogen (secondary N) is 2. The van der Waals surface area contributed by atoms with Crippen LogP contribution >= 0.6 is 0 Å². The van der Waals surface area contributed by atoms with E-state index in [0.717, 1.165) is 25.0 Å². The average Bonchev–Trinajstić information content (AvgIpc) is 3.68. The third kappa shape index (κ3) is 6.15. The van der Waals surface area contributed by atoms with E-state index >= 15 is 0 Å². The Morgan fingerprint density at radius 2 is 1.98 bits per heavy atom. The van der Waals surface area contributed by atoms with E-state index in [9.17, 15) is 18.4 Å². The molecule has 2 amide bonds. The molecule has 2 N–H and O–H groups in total. The minimum Gasteiger partial charge on any atom is -0.490 e. The quantitative estimate of drug-likeness (QED) is 0.290. The smallest absolute Gasteiger partial charge is 0.257 e. The van der Waals surface area contributed by atoms with Gasteiger partial charge in [-0.1, -0.05) is 0 Å². The summed E-state index contributed by atoms with van der Waals surface area (Å²) in [6.45, 7) is 0.0359. The van der Waals surface area contributed by atoms with Gasteiger partial charge in [-0.15, -0.1) is 0 Å². The van der Waals surface area contributed by atoms with Gasteiger partial charge < -0.3 is 24.8 Å². The lowest BCUT2D eigenvalue weighted by atomic mass is 10.1. The van der Waals surface area contributed by atoms with Crippen molar-refractivity contribution >= 4 is 23.3 Å². The fourth-order valence-corrected chi connectivity index (χ4v) is 3.99. The zero-order valence-corrected chi connectivity index (χ0v) is 21.7. The summed E-state index contributed by atoms with van der Waals surface area (Å²) in [4.78, 5) is 33.5. The molecule has 1 fully saturated rings. The predicted molar refractivity (Wildman–Crippen MR) is 139 cm³/mol. The van der Waals surface area contributed by atoms with Gasteiger partial charge in [-0.25, -0.2) is 23.3 Å². The van der Waals surface area contributed by atoms with Crippen molar-refractivity contribution < 1.29 is 32.6 Å². The second-order valence-corrected chi connectivity index (χ2v) is 9.22. The van der Waals surface area contributed by atoms with Crippen LogP contribution in [0.2, 0.25) is 0 Å². The maximum atomic E-state index is 14.5. The van der Waals surface area contributed by atoms with Crippen molar-refractivity contribution in [2.24, 2.45) is 5.92 Å². The minimum atomic E-state index is -0.825. The number of methoxy groups -OCH3 is 2. The Kier molecular flexibility index (Phi) is 7.82. The van der Waals surface area contributed by atoms with Crippen LogP contribution in [-0.4, -0.2) is 58.8 Å². The Morgan fingerprint density at radius 3 is 2.73 bits per heavy atom. The van der Waals surface area contributed by atoms with E-state index < -0.39 is 17.5 Å². The predicted octanol–water partition coefficient (Wildman–Crippen LogP) is 3.38. The second-order valence-electron chi connectivity index (χ2n) is 9.22. The molecule has 0 saturated heterocycles. The van der Waals surface area contributed by atoms with Gasteiger partial charge in [-0.2, -0.15) is 5.10 Å². The maximum Gasteiger partial charge on any atom is 0.257 e. The number of benzene rings is 1. The number of ether oxygens (including phenoxy) is 3. The van der Waals surface area contributed by atoms with Crippen LogP contribution in [0.1, 0.15) is 28.8 Å². The molecule has 1 aromatic carbocycles. The number of carbonyl (C=O) groups is 2. The van der Waals surface area contributed by atoms with Crippen LogP contribution in [-0.2, 0) is 16.1 Å². The van der Waals surface area contributed by atoms with E-state index in [1.54, 1.807) is 18.2 Å². The third-order valence-electron chi connectivity index (χ3n) is 6.13. The molecule has 0 radical (unpaired) electrons. The van der Waals surface area contributed by atoms with Crippen LogP contribution in [0.25, 0.3) is 16.9 Å². The molecule has 0 atom stereocenters. The van der Waals surface area contributed by atoms with Gasteiger partial charge >= 0.3 is 0 Å². The first-order chi connectivity index (χ1) is 19.3. The molecule has 1 saturated carbocycles. The van der Waals surface area contributed by atoms with E-state index in [0.29, 0.717) is 35.2 Å². The molecule has 5 rings (SSSR count). The van der Waals surface area contributed by atoms with Gasteiger partial charge in [0.1, 0.15) is 18.0 Å². The molecule has 3 heterocycles. The molecule has 0 aliphatic heterocycles. The average molecular weight is 553 g/mol. The first kappa shape index (κ1) is 26.9. The van der Waals surface area contributed by atoms with Gasteiger partial charge in [-0.3, -0.25) is 9.59 Å². The van der Waals surface area contributed by atoms with E-state index in [2.05, 4.69) is 25.7 Å². The van der Waals surface area contributed by atoms with Crippen LogP contribution in [0.5, 0.6) is 11.6 Å². The number of pyridine rings is 1. The molecule has 40 heavy (non-hydrogen) atoms. The Balaban J connectivity index is 1.36. The zero-order valence-electron chi connectivity index (χ0n) is 21.7. The molecule has 0 spiro atoms. The summed E-state index contributed by atoms with van der Waals surface area (Å²) in [5.74, 6) is -1.89. The Bertz CT molecular complexity index is 1570. The molecule has 11 nitrogen and oxygen atoms in total. The van der Waals surface area contributed by atoms with Gasteiger partial charge in [0.05, 0.1) is 25.6 Å². The standard InChI is InChI=1S/C27H26F2N6O5/c1-38-14-24(36)33-22-12-35-23(32-22)6-5-21(34-35)16-8-19(27(39-2)31-10-16)26(37)30-11-17-7-18(28)9-20(29)25(17)40-13-15-3-4-15/h5-10,12,15H,3-4,11,13-14H2,1-2H3,(H,30,37)(H,33,36). The number of nitrogens with zero attached hydrogens (tertiary/aromatic N) is 4. The molecule has 4 aromatic rings. The SMILES string of the molecule is COCC(=O)Nc1cn2nc(-c3cnc(OC)c(C(=O)NCc4cc(F)cc(F)c4OCC4CC4)c3)ccc2n1. The molecular weight excluding hydrogens is 526 g/mol. The van der Waals surface area contributed by atoms with Gasteiger partial charge in [0, 0.05) is 37.0 Å². The van der Waals surface area contributed by atoms with Crippen molar-refractivity contribution in [2.45, 2.75) is 19.4 Å². The van der Waals surface area contributed by atoms with E-state index in [4.69, 9.17) is 14.2 Å². The normalized spacial score (nSPS) is 12.8. The van der Waals surface area contributed by atoms with Crippen LogP contribution in [0, 0.1) is 17.6 Å². The molecule has 3 aromatic heterocycles. The summed E-state index contributed by atoms with van der Waals surface area (Å²) < 4.78 is 45.6. The van der Waals surface area contributed by atoms with Crippen molar-refractivity contribution in [3.05, 3.63) is 65.5 Å². The van der Waals surface area contributed by atoms with Crippen LogP contribution in [0.15, 0.2) is 42.7 Å². The summed E-state index contributed by atoms with van der Waals surface area (Å²) in [7, 11) is 2.79. The molecule has 1 aliphatic rings. The van der Waals surface area contributed by atoms with Gasteiger partial charge in [0.15, 0.2) is 23.0 Å². The molecule has 13 heteroatoms. The third-order valence-corrected chi connectivity index (χ3v) is 6.13. The number of imidazole rings is 1. The van der Waals surface area contributed by atoms with Crippen molar-refractivity contribution in [3.8, 4) is 22.9 Å². The summed E-state index contributed by atoms with van der Waals surface area (Å²) in [5, 5.41) is 9.78. The topological polar surface area (TPSA) is 129 Å². The molecule has 1 aliphatic carbocycles. The highest BCUT2D eigenvalue weighted by molar-refractivity contribution is 5.97. The Labute approximate surface area is 227 Å². The van der Waals surface area contributed by atoms with Crippen molar-refractivity contribution in [2.75, 3.05) is 32.8 Å². The monoisotopic (exact) mass is 552 g/mol. The highest BCUT2D eigenvalue weighted by Gasteiger charge is 2.24. The largest absolute Gasteiger partial charge is 0.490 e. The lowest BCUT2D eigenvalue weighted by molar-refractivity contribution is -0.119. The maximum absolute atomic E-state index is 14.5. The molecular formula is C27H26F2N6O5. The molecule has 208 valence electrons. The second kappa shape index (κ2) is 11.6. The van der Waals surface area contributed by atoms with Gasteiger partial charge in [-0.05, 0) is 43.0 Å². The Hall–Kier alpha value is -4.65. The minimum absolute atomic E-state index is 0.0590. The highest BCUT2D eigenvalue weighted by atomic mass is 19.1. The summed E-state index contributed by atoms with van der Waals surface area (Å²) >= 11 is 0. The summed E-state index contributed by atoms with van der Waals surface area (Å²) in [5.41, 5.74) is 1.72. The lowest BCUT2D eigenvalue weighted by Gasteiger charge is -2.14. The molecule has 0 bridgehead atoms. The number of hydrogen-bond donors (Lipinski definition) is 2. The van der Waals surface area contributed by atoms with E-state index in [1.807, 2.05) is 0 Å². The van der Waals surface area contributed by atoms with Gasteiger partial charge in [0.2, 0.25) is 5.88 Å². The first-order valence-electron chi connectivity index (χ1n) is 12.4. The number of fused-ring (bicyclic) bond motifs is 1. The number of aromatic nitrogens is 4. The number of amides is 2. The number of anilines is 1. The number of rotatable bonds is 11. The summed E-state index contributed by atoms with van der Waals surface area (Å²) in [6, 6.07) is 6.82. The number of halogens is 2. The fourth-order valence-electron chi connectivity index (χ4n) is 3.99. The number of hydrogen-bond acceptors (Lipinski definition) is 8. The summed E-state index contributed by atoms with van der Waals surface area (Å²) in [6.07, 6.45) is 5.05. The Morgan fingerprint density at radius 1 is 1.15 bits per heavy atom. The fraction of sp³-hybridized carbons (Fsp3) is 0.296. The van der Waals surface area contributed by atoms with Crippen molar-refractivity contribution in [1.29, 1.82) is 0 Å².